The number of nitrogens with zero attached hydrogens (tertiary/aromatic N) is 2. The number of aromatic nitrogens is 1. The minimum Gasteiger partial charge on any atom is -0.397 e. The van der Waals surface area contributed by atoms with Crippen molar-refractivity contribution in [3.05, 3.63) is 47.7 Å². The smallest absolute Gasteiger partial charge is 0.263 e. The zero-order chi connectivity index (χ0) is 14.8. The maximum atomic E-state index is 12.2. The largest absolute Gasteiger partial charge is 0.397 e. The molecule has 0 saturated carbocycles. The van der Waals surface area contributed by atoms with Crippen molar-refractivity contribution >= 4 is 21.5 Å². The minimum atomic E-state index is -3.79. The second kappa shape index (κ2) is 5.19. The molecule has 0 fully saturated rings. The van der Waals surface area contributed by atoms with Gasteiger partial charge in [-0.15, -0.1) is 0 Å². The SMILES string of the molecule is Cc1cc(N)cnc1NS(=O)(=O)c1cccc(C#N)c1. The summed E-state index contributed by atoms with van der Waals surface area (Å²) in [5.41, 5.74) is 6.91. The van der Waals surface area contributed by atoms with Crippen molar-refractivity contribution in [2.75, 3.05) is 10.5 Å². The van der Waals surface area contributed by atoms with E-state index in [0.29, 0.717) is 11.3 Å². The average Bonchev–Trinajstić information content (AvgIpc) is 2.42. The summed E-state index contributed by atoms with van der Waals surface area (Å²) in [4.78, 5) is 3.96. The predicted molar refractivity (Wildman–Crippen MR) is 75.4 cm³/mol. The molecule has 102 valence electrons. The molecule has 1 heterocycles. The Hall–Kier alpha value is -2.59. The van der Waals surface area contributed by atoms with E-state index < -0.39 is 10.0 Å². The van der Waals surface area contributed by atoms with Crippen LogP contribution >= 0.6 is 0 Å². The first-order chi connectivity index (χ1) is 9.42. The van der Waals surface area contributed by atoms with Crippen LogP contribution in [0.25, 0.3) is 0 Å². The molecule has 3 N–H and O–H groups in total. The van der Waals surface area contributed by atoms with Gasteiger partial charge in [0.05, 0.1) is 28.4 Å². The number of aryl methyl sites for hydroxylation is 1. The van der Waals surface area contributed by atoms with Crippen molar-refractivity contribution in [1.29, 1.82) is 5.26 Å². The zero-order valence-corrected chi connectivity index (χ0v) is 11.5. The number of rotatable bonds is 3. The van der Waals surface area contributed by atoms with Crippen LogP contribution in [0.5, 0.6) is 0 Å². The highest BCUT2D eigenvalue weighted by Gasteiger charge is 2.16. The molecule has 0 bridgehead atoms. The standard InChI is InChI=1S/C13H12N4O2S/c1-9-5-11(15)8-16-13(9)17-20(18,19)12-4-2-3-10(6-12)7-14/h2-6,8H,15H2,1H3,(H,16,17). The van der Waals surface area contributed by atoms with Gasteiger partial charge in [-0.25, -0.2) is 13.4 Å². The van der Waals surface area contributed by atoms with E-state index in [-0.39, 0.29) is 16.3 Å². The highest BCUT2D eigenvalue weighted by atomic mass is 32.2. The van der Waals surface area contributed by atoms with Gasteiger partial charge >= 0.3 is 0 Å². The van der Waals surface area contributed by atoms with Crippen LogP contribution in [0.4, 0.5) is 11.5 Å². The van der Waals surface area contributed by atoms with E-state index in [9.17, 15) is 8.42 Å². The van der Waals surface area contributed by atoms with Crippen LogP contribution in [0, 0.1) is 18.3 Å². The lowest BCUT2D eigenvalue weighted by Crippen LogP contribution is -2.15. The Morgan fingerprint density at radius 2 is 2.10 bits per heavy atom. The molecule has 0 aliphatic carbocycles. The molecule has 0 amide bonds. The van der Waals surface area contributed by atoms with Crippen LogP contribution in [0.2, 0.25) is 0 Å². The summed E-state index contributed by atoms with van der Waals surface area (Å²) in [6, 6.07) is 9.28. The summed E-state index contributed by atoms with van der Waals surface area (Å²) in [5.74, 6) is 0.210. The van der Waals surface area contributed by atoms with E-state index in [4.69, 9.17) is 11.0 Å². The molecule has 1 aromatic carbocycles. The van der Waals surface area contributed by atoms with Crippen molar-refractivity contribution in [2.24, 2.45) is 0 Å². The number of pyridine rings is 1. The van der Waals surface area contributed by atoms with Crippen LogP contribution in [-0.2, 0) is 10.0 Å². The molecule has 1 aromatic heterocycles. The van der Waals surface area contributed by atoms with Gasteiger partial charge in [-0.2, -0.15) is 5.26 Å². The van der Waals surface area contributed by atoms with E-state index in [1.807, 2.05) is 6.07 Å². The fourth-order valence-corrected chi connectivity index (χ4v) is 2.75. The van der Waals surface area contributed by atoms with Gasteiger partial charge in [0, 0.05) is 0 Å². The lowest BCUT2D eigenvalue weighted by Gasteiger charge is -2.10. The molecule has 0 saturated heterocycles. The summed E-state index contributed by atoms with van der Waals surface area (Å²) in [6.07, 6.45) is 1.37. The number of anilines is 2. The fraction of sp³-hybridized carbons (Fsp3) is 0.0769. The topological polar surface area (TPSA) is 109 Å². The Kier molecular flexibility index (Phi) is 3.59. The van der Waals surface area contributed by atoms with Gasteiger partial charge in [0.1, 0.15) is 5.82 Å². The highest BCUT2D eigenvalue weighted by Crippen LogP contribution is 2.19. The van der Waals surface area contributed by atoms with Gasteiger partial charge in [-0.3, -0.25) is 4.72 Å². The molecule has 6 nitrogen and oxygen atoms in total. The molecule has 2 rings (SSSR count). The Morgan fingerprint density at radius 1 is 1.35 bits per heavy atom. The number of nitrogens with two attached hydrogens (primary N) is 1. The van der Waals surface area contributed by atoms with Gasteiger partial charge in [-0.05, 0) is 36.8 Å². The fourth-order valence-electron chi connectivity index (χ4n) is 1.62. The summed E-state index contributed by atoms with van der Waals surface area (Å²) < 4.78 is 26.8. The molecule has 0 aliphatic heterocycles. The molecule has 0 atom stereocenters. The molecule has 0 spiro atoms. The van der Waals surface area contributed by atoms with Crippen LogP contribution in [0.1, 0.15) is 11.1 Å². The van der Waals surface area contributed by atoms with E-state index >= 15 is 0 Å². The number of nitriles is 1. The van der Waals surface area contributed by atoms with Crippen LogP contribution in [-0.4, -0.2) is 13.4 Å². The average molecular weight is 288 g/mol. The van der Waals surface area contributed by atoms with Gasteiger partial charge < -0.3 is 5.73 Å². The lowest BCUT2D eigenvalue weighted by molar-refractivity contribution is 0.601. The number of sulfonamides is 1. The molecule has 0 unspecified atom stereocenters. The molecule has 20 heavy (non-hydrogen) atoms. The van der Waals surface area contributed by atoms with E-state index in [1.54, 1.807) is 13.0 Å². The van der Waals surface area contributed by atoms with Crippen molar-refractivity contribution in [3.63, 3.8) is 0 Å². The molecule has 2 aromatic rings. The molecule has 7 heteroatoms. The molecular formula is C13H12N4O2S. The highest BCUT2D eigenvalue weighted by molar-refractivity contribution is 7.92. The van der Waals surface area contributed by atoms with E-state index in [1.165, 1.54) is 30.5 Å². The minimum absolute atomic E-state index is 0.00887. The number of benzene rings is 1. The second-order valence-corrected chi connectivity index (χ2v) is 5.86. The maximum Gasteiger partial charge on any atom is 0.263 e. The Labute approximate surface area is 116 Å². The Morgan fingerprint density at radius 3 is 2.75 bits per heavy atom. The van der Waals surface area contributed by atoms with Crippen molar-refractivity contribution in [1.82, 2.24) is 4.98 Å². The number of hydrogen-bond acceptors (Lipinski definition) is 5. The third-order valence-electron chi connectivity index (χ3n) is 2.60. The van der Waals surface area contributed by atoms with Gasteiger partial charge in [-0.1, -0.05) is 6.07 Å². The van der Waals surface area contributed by atoms with Crippen LogP contribution in [0.15, 0.2) is 41.4 Å². The van der Waals surface area contributed by atoms with Gasteiger partial charge in [0.15, 0.2) is 0 Å². The number of nitrogens with one attached hydrogen (secondary N) is 1. The number of hydrogen-bond donors (Lipinski definition) is 2. The summed E-state index contributed by atoms with van der Waals surface area (Å²) in [6.45, 7) is 1.70. The van der Waals surface area contributed by atoms with Gasteiger partial charge in [0.2, 0.25) is 0 Å². The summed E-state index contributed by atoms with van der Waals surface area (Å²) >= 11 is 0. The monoisotopic (exact) mass is 288 g/mol. The molecule has 0 radical (unpaired) electrons. The molecule has 0 aliphatic rings. The second-order valence-electron chi connectivity index (χ2n) is 4.18. The van der Waals surface area contributed by atoms with E-state index in [2.05, 4.69) is 9.71 Å². The lowest BCUT2D eigenvalue weighted by atomic mass is 10.2. The first-order valence-electron chi connectivity index (χ1n) is 5.67. The summed E-state index contributed by atoms with van der Waals surface area (Å²) in [5, 5.41) is 8.80. The van der Waals surface area contributed by atoms with Crippen LogP contribution in [0.3, 0.4) is 0 Å². The van der Waals surface area contributed by atoms with Crippen molar-refractivity contribution in [2.45, 2.75) is 11.8 Å². The zero-order valence-electron chi connectivity index (χ0n) is 10.7. The van der Waals surface area contributed by atoms with Crippen molar-refractivity contribution in [3.8, 4) is 6.07 Å². The van der Waals surface area contributed by atoms with Gasteiger partial charge in [0.25, 0.3) is 10.0 Å². The summed E-state index contributed by atoms with van der Waals surface area (Å²) in [7, 11) is -3.79. The molecular weight excluding hydrogens is 276 g/mol. The first kappa shape index (κ1) is 13.8. The predicted octanol–water partition coefficient (Wildman–Crippen LogP) is 1.64. The number of nitrogen functional groups attached to an aromatic ring is 1. The van der Waals surface area contributed by atoms with Crippen LogP contribution < -0.4 is 10.5 Å². The Bertz CT molecular complexity index is 794. The Balaban J connectivity index is 2.38. The van der Waals surface area contributed by atoms with E-state index in [0.717, 1.165) is 0 Å². The van der Waals surface area contributed by atoms with Crippen molar-refractivity contribution < 1.29 is 8.42 Å². The third kappa shape index (κ3) is 2.87. The third-order valence-corrected chi connectivity index (χ3v) is 3.94. The maximum absolute atomic E-state index is 12.2. The quantitative estimate of drug-likeness (QED) is 0.892. The first-order valence-corrected chi connectivity index (χ1v) is 7.16. The normalized spacial score (nSPS) is 10.8.